The summed E-state index contributed by atoms with van der Waals surface area (Å²) in [5, 5.41) is 2.80. The maximum atomic E-state index is 11.1. The first-order chi connectivity index (χ1) is 6.11. The molecule has 0 saturated carbocycles. The highest BCUT2D eigenvalue weighted by atomic mass is 35.5. The standard InChI is InChI=1S/C10H20N2O.ClH/c1-5-12(6-2)8-7-11-10(13)9(3)4;/h3,5-8H2,1-2,4H3,(H,11,13);1H. The fourth-order valence-electron chi connectivity index (χ4n) is 1.02. The Hall–Kier alpha value is -0.540. The third-order valence-electron chi connectivity index (χ3n) is 2.00. The van der Waals surface area contributed by atoms with Crippen LogP contribution in [0.25, 0.3) is 0 Å². The maximum absolute atomic E-state index is 11.1. The molecule has 3 nitrogen and oxygen atoms in total. The van der Waals surface area contributed by atoms with Gasteiger partial charge in [-0.15, -0.1) is 12.4 Å². The molecule has 0 aliphatic carbocycles. The maximum Gasteiger partial charge on any atom is 0.246 e. The van der Waals surface area contributed by atoms with Crippen molar-refractivity contribution in [2.45, 2.75) is 20.8 Å². The van der Waals surface area contributed by atoms with Crippen LogP contribution < -0.4 is 5.32 Å². The Morgan fingerprint density at radius 3 is 2.21 bits per heavy atom. The minimum absolute atomic E-state index is 0. The topological polar surface area (TPSA) is 32.3 Å². The normalized spacial score (nSPS) is 9.43. The zero-order valence-corrected chi connectivity index (χ0v) is 10.1. The molecule has 0 fully saturated rings. The van der Waals surface area contributed by atoms with Crippen LogP contribution in [0.2, 0.25) is 0 Å². The van der Waals surface area contributed by atoms with Gasteiger partial charge in [-0.3, -0.25) is 4.79 Å². The van der Waals surface area contributed by atoms with Gasteiger partial charge in [0, 0.05) is 18.7 Å². The number of rotatable bonds is 6. The van der Waals surface area contributed by atoms with Crippen LogP contribution in [-0.4, -0.2) is 37.0 Å². The highest BCUT2D eigenvalue weighted by Gasteiger charge is 2.01. The molecule has 0 unspecified atom stereocenters. The average Bonchev–Trinajstić information content (AvgIpc) is 2.12. The molecule has 1 amide bonds. The van der Waals surface area contributed by atoms with E-state index in [0.29, 0.717) is 12.1 Å². The molecule has 0 radical (unpaired) electrons. The number of hydrogen-bond donors (Lipinski definition) is 1. The predicted octanol–water partition coefficient (Wildman–Crippen LogP) is 1.44. The van der Waals surface area contributed by atoms with Crippen molar-refractivity contribution >= 4 is 18.3 Å². The van der Waals surface area contributed by atoms with E-state index in [1.807, 2.05) is 0 Å². The number of nitrogens with one attached hydrogen (secondary N) is 1. The summed E-state index contributed by atoms with van der Waals surface area (Å²) in [5.41, 5.74) is 0.569. The number of likely N-dealkylation sites (N-methyl/N-ethyl adjacent to an activating group) is 1. The number of carbonyl (C=O) groups excluding carboxylic acids is 1. The molecule has 0 rings (SSSR count). The smallest absolute Gasteiger partial charge is 0.246 e. The lowest BCUT2D eigenvalue weighted by Gasteiger charge is -2.17. The van der Waals surface area contributed by atoms with E-state index in [1.54, 1.807) is 6.92 Å². The van der Waals surface area contributed by atoms with E-state index in [4.69, 9.17) is 0 Å². The highest BCUT2D eigenvalue weighted by Crippen LogP contribution is 1.87. The quantitative estimate of drug-likeness (QED) is 0.688. The Kier molecular flexibility index (Phi) is 10.3. The summed E-state index contributed by atoms with van der Waals surface area (Å²) in [4.78, 5) is 13.3. The summed E-state index contributed by atoms with van der Waals surface area (Å²) in [5.74, 6) is -0.0489. The third-order valence-corrected chi connectivity index (χ3v) is 2.00. The van der Waals surface area contributed by atoms with Crippen molar-refractivity contribution in [3.63, 3.8) is 0 Å². The van der Waals surface area contributed by atoms with E-state index in [2.05, 4.69) is 30.6 Å². The van der Waals surface area contributed by atoms with Gasteiger partial charge in [0.25, 0.3) is 0 Å². The molecule has 0 atom stereocenters. The van der Waals surface area contributed by atoms with Gasteiger partial charge in [-0.2, -0.15) is 0 Å². The van der Waals surface area contributed by atoms with Crippen molar-refractivity contribution in [1.29, 1.82) is 0 Å². The molecule has 0 aromatic rings. The molecule has 0 heterocycles. The molecular weight excluding hydrogens is 200 g/mol. The van der Waals surface area contributed by atoms with Gasteiger partial charge in [-0.25, -0.2) is 0 Å². The van der Waals surface area contributed by atoms with Crippen LogP contribution in [-0.2, 0) is 4.79 Å². The minimum atomic E-state index is -0.0489. The lowest BCUT2D eigenvalue weighted by atomic mass is 10.3. The zero-order chi connectivity index (χ0) is 10.3. The molecule has 1 N–H and O–H groups in total. The predicted molar refractivity (Wildman–Crippen MR) is 62.9 cm³/mol. The van der Waals surface area contributed by atoms with Gasteiger partial charge < -0.3 is 10.2 Å². The minimum Gasteiger partial charge on any atom is -0.351 e. The van der Waals surface area contributed by atoms with Gasteiger partial charge in [0.2, 0.25) is 5.91 Å². The summed E-state index contributed by atoms with van der Waals surface area (Å²) in [6, 6.07) is 0. The first-order valence-electron chi connectivity index (χ1n) is 4.77. The molecule has 0 saturated heterocycles. The zero-order valence-electron chi connectivity index (χ0n) is 9.30. The second-order valence-electron chi connectivity index (χ2n) is 3.06. The molecule has 0 aliphatic heterocycles. The second kappa shape index (κ2) is 9.03. The van der Waals surface area contributed by atoms with E-state index >= 15 is 0 Å². The molecule has 0 spiro atoms. The Morgan fingerprint density at radius 2 is 1.86 bits per heavy atom. The van der Waals surface area contributed by atoms with Gasteiger partial charge in [-0.1, -0.05) is 20.4 Å². The summed E-state index contributed by atoms with van der Waals surface area (Å²) in [6.07, 6.45) is 0. The van der Waals surface area contributed by atoms with Crippen molar-refractivity contribution in [3.8, 4) is 0 Å². The number of amides is 1. The van der Waals surface area contributed by atoms with E-state index in [1.165, 1.54) is 0 Å². The van der Waals surface area contributed by atoms with E-state index in [9.17, 15) is 4.79 Å². The molecule has 0 aliphatic rings. The van der Waals surface area contributed by atoms with E-state index in [-0.39, 0.29) is 18.3 Å². The fourth-order valence-corrected chi connectivity index (χ4v) is 1.02. The molecule has 0 aromatic heterocycles. The van der Waals surface area contributed by atoms with Crippen LogP contribution in [0, 0.1) is 0 Å². The van der Waals surface area contributed by atoms with Crippen LogP contribution in [0.1, 0.15) is 20.8 Å². The largest absolute Gasteiger partial charge is 0.351 e. The lowest BCUT2D eigenvalue weighted by molar-refractivity contribution is -0.117. The molecule has 14 heavy (non-hydrogen) atoms. The van der Waals surface area contributed by atoms with Crippen LogP contribution >= 0.6 is 12.4 Å². The van der Waals surface area contributed by atoms with Crippen LogP contribution in [0.3, 0.4) is 0 Å². The SMILES string of the molecule is C=C(C)C(=O)NCCN(CC)CC.Cl. The number of hydrogen-bond acceptors (Lipinski definition) is 2. The van der Waals surface area contributed by atoms with Crippen LogP contribution in [0.5, 0.6) is 0 Å². The van der Waals surface area contributed by atoms with Crippen LogP contribution in [0.15, 0.2) is 12.2 Å². The number of halogens is 1. The van der Waals surface area contributed by atoms with Gasteiger partial charge in [0.15, 0.2) is 0 Å². The Balaban J connectivity index is 0. The first-order valence-corrected chi connectivity index (χ1v) is 4.77. The molecule has 4 heteroatoms. The first kappa shape index (κ1) is 15.9. The summed E-state index contributed by atoms with van der Waals surface area (Å²) in [6.45, 7) is 13.2. The van der Waals surface area contributed by atoms with Gasteiger partial charge in [-0.05, 0) is 20.0 Å². The molecular formula is C10H21ClN2O. The number of carbonyl (C=O) groups is 1. The summed E-state index contributed by atoms with van der Waals surface area (Å²) in [7, 11) is 0. The van der Waals surface area contributed by atoms with Gasteiger partial charge in [0.1, 0.15) is 0 Å². The summed E-state index contributed by atoms with van der Waals surface area (Å²) < 4.78 is 0. The molecule has 0 aromatic carbocycles. The van der Waals surface area contributed by atoms with Crippen molar-refractivity contribution in [2.75, 3.05) is 26.2 Å². The second-order valence-corrected chi connectivity index (χ2v) is 3.06. The Labute approximate surface area is 93.0 Å². The van der Waals surface area contributed by atoms with Crippen molar-refractivity contribution < 1.29 is 4.79 Å². The Bertz CT molecular complexity index is 179. The third kappa shape index (κ3) is 6.92. The monoisotopic (exact) mass is 220 g/mol. The number of nitrogens with zero attached hydrogens (tertiary/aromatic N) is 1. The Morgan fingerprint density at radius 1 is 1.36 bits per heavy atom. The van der Waals surface area contributed by atoms with E-state index < -0.39 is 0 Å². The summed E-state index contributed by atoms with van der Waals surface area (Å²) >= 11 is 0. The fraction of sp³-hybridized carbons (Fsp3) is 0.700. The van der Waals surface area contributed by atoms with Crippen molar-refractivity contribution in [2.24, 2.45) is 0 Å². The van der Waals surface area contributed by atoms with Crippen LogP contribution in [0.4, 0.5) is 0 Å². The van der Waals surface area contributed by atoms with E-state index in [0.717, 1.165) is 19.6 Å². The van der Waals surface area contributed by atoms with Crippen molar-refractivity contribution in [3.05, 3.63) is 12.2 Å². The molecule has 84 valence electrons. The van der Waals surface area contributed by atoms with Crippen molar-refractivity contribution in [1.82, 2.24) is 10.2 Å². The average molecular weight is 221 g/mol. The molecule has 0 bridgehead atoms. The lowest BCUT2D eigenvalue weighted by Crippen LogP contribution is -2.34. The highest BCUT2D eigenvalue weighted by molar-refractivity contribution is 5.92. The van der Waals surface area contributed by atoms with Gasteiger partial charge >= 0.3 is 0 Å². The van der Waals surface area contributed by atoms with Gasteiger partial charge in [0.05, 0.1) is 0 Å².